The Labute approximate surface area is 311 Å². The number of carboxylic acid groups (broad SMARTS) is 1. The molecule has 0 spiro atoms. The molecule has 0 aliphatic carbocycles. The lowest BCUT2D eigenvalue weighted by molar-refractivity contribution is -0.142. The van der Waals surface area contributed by atoms with Gasteiger partial charge in [0.2, 0.25) is 11.8 Å². The van der Waals surface area contributed by atoms with Crippen molar-refractivity contribution in [2.24, 2.45) is 5.92 Å². The number of para-hydroxylation sites is 1. The van der Waals surface area contributed by atoms with Crippen LogP contribution in [0.4, 0.5) is 4.79 Å². The maximum atomic E-state index is 13.3. The van der Waals surface area contributed by atoms with Gasteiger partial charge in [-0.05, 0) is 65.5 Å². The van der Waals surface area contributed by atoms with Crippen LogP contribution in [0.1, 0.15) is 70.6 Å². The molecule has 0 aromatic heterocycles. The minimum Gasteiger partial charge on any atom is -0.483 e. The number of carboxylic acids is 1. The van der Waals surface area contributed by atoms with Gasteiger partial charge in [-0.3, -0.25) is 14.4 Å². The van der Waals surface area contributed by atoms with Gasteiger partial charge in [0.15, 0.2) is 6.61 Å². The van der Waals surface area contributed by atoms with E-state index in [2.05, 4.69) is 16.0 Å². The number of ether oxygens (including phenoxy) is 2. The Morgan fingerprint density at radius 2 is 1.45 bits per heavy atom. The van der Waals surface area contributed by atoms with E-state index in [-0.39, 0.29) is 36.3 Å². The first-order chi connectivity index (χ1) is 25.2. The van der Waals surface area contributed by atoms with Crippen LogP contribution in [0.15, 0.2) is 78.9 Å². The van der Waals surface area contributed by atoms with Gasteiger partial charge in [-0.25, -0.2) is 9.59 Å². The lowest BCUT2D eigenvalue weighted by atomic mass is 9.86. The smallest absolute Gasteiger partial charge is 0.415 e. The van der Waals surface area contributed by atoms with Crippen molar-refractivity contribution in [2.45, 2.75) is 90.3 Å². The van der Waals surface area contributed by atoms with Gasteiger partial charge in [0.1, 0.15) is 23.6 Å². The fraction of sp³-hybridized carbons (Fsp3) is 0.439. The van der Waals surface area contributed by atoms with Crippen molar-refractivity contribution in [1.29, 1.82) is 0 Å². The fourth-order valence-electron chi connectivity index (χ4n) is 6.13. The molecule has 3 aromatic carbocycles. The third-order valence-corrected chi connectivity index (χ3v) is 8.92. The third-order valence-electron chi connectivity index (χ3n) is 8.92. The van der Waals surface area contributed by atoms with E-state index in [9.17, 15) is 29.1 Å². The molecular formula is C41H52N4O8. The molecule has 4 N–H and O–H groups in total. The minimum atomic E-state index is -1.27. The number of nitrogens with zero attached hydrogens (tertiary/aromatic N) is 1. The Bertz CT molecular complexity index is 1700. The molecule has 0 bridgehead atoms. The molecule has 3 aromatic rings. The Balaban J connectivity index is 1.26. The lowest BCUT2D eigenvalue weighted by Crippen LogP contribution is -2.53. The monoisotopic (exact) mass is 728 g/mol. The summed E-state index contributed by atoms with van der Waals surface area (Å²) in [7, 11) is 0. The Morgan fingerprint density at radius 1 is 0.811 bits per heavy atom. The molecule has 284 valence electrons. The molecule has 2 unspecified atom stereocenters. The SMILES string of the molecule is CC(C)CC(NC(=O)COc1ccccc1C(C)(C)C)C(=O)NC(Cc1ccc(OC(=O)N2CCC(NC(=O)Cc3ccccc3)CC2)cc1)C(=O)O. The van der Waals surface area contributed by atoms with E-state index in [4.69, 9.17) is 9.47 Å². The molecule has 0 saturated carbocycles. The number of aliphatic carboxylic acids is 1. The van der Waals surface area contributed by atoms with Crippen molar-refractivity contribution < 1.29 is 38.6 Å². The summed E-state index contributed by atoms with van der Waals surface area (Å²) < 4.78 is 11.4. The second-order valence-electron chi connectivity index (χ2n) is 14.9. The molecule has 4 rings (SSSR count). The lowest BCUT2D eigenvalue weighted by Gasteiger charge is -2.31. The number of benzene rings is 3. The Hall–Kier alpha value is -5.39. The van der Waals surface area contributed by atoms with E-state index in [1.807, 2.05) is 83.1 Å². The molecule has 1 fully saturated rings. The topological polar surface area (TPSA) is 163 Å². The van der Waals surface area contributed by atoms with Crippen molar-refractivity contribution in [1.82, 2.24) is 20.9 Å². The average molecular weight is 729 g/mol. The molecular weight excluding hydrogens is 676 g/mol. The van der Waals surface area contributed by atoms with Crippen LogP contribution in [0.2, 0.25) is 0 Å². The summed E-state index contributed by atoms with van der Waals surface area (Å²) in [5.74, 6) is -1.49. The molecule has 4 amide bonds. The summed E-state index contributed by atoms with van der Waals surface area (Å²) in [5.41, 5.74) is 2.28. The first-order valence-corrected chi connectivity index (χ1v) is 18.1. The van der Waals surface area contributed by atoms with Crippen molar-refractivity contribution >= 4 is 29.8 Å². The van der Waals surface area contributed by atoms with E-state index < -0.39 is 36.0 Å². The molecule has 12 nitrogen and oxygen atoms in total. The average Bonchev–Trinajstić information content (AvgIpc) is 3.11. The predicted molar refractivity (Wildman–Crippen MR) is 201 cm³/mol. The molecule has 12 heteroatoms. The first kappa shape index (κ1) is 40.4. The van der Waals surface area contributed by atoms with Crippen LogP contribution in [0, 0.1) is 5.92 Å². The predicted octanol–water partition coefficient (Wildman–Crippen LogP) is 5.03. The highest BCUT2D eigenvalue weighted by atomic mass is 16.6. The zero-order valence-electron chi connectivity index (χ0n) is 31.2. The molecule has 53 heavy (non-hydrogen) atoms. The molecule has 0 radical (unpaired) electrons. The molecule has 2 atom stereocenters. The number of carbonyl (C=O) groups is 5. The van der Waals surface area contributed by atoms with Gasteiger partial charge in [0.05, 0.1) is 6.42 Å². The van der Waals surface area contributed by atoms with Crippen LogP contribution in [0.5, 0.6) is 11.5 Å². The van der Waals surface area contributed by atoms with Gasteiger partial charge in [0, 0.05) is 25.6 Å². The summed E-state index contributed by atoms with van der Waals surface area (Å²) in [5, 5.41) is 18.3. The number of carbonyl (C=O) groups excluding carboxylic acids is 4. The van der Waals surface area contributed by atoms with Crippen LogP contribution >= 0.6 is 0 Å². The normalized spacial score (nSPS) is 14.5. The summed E-state index contributed by atoms with van der Waals surface area (Å²) in [6.07, 6.45) is 1.28. The number of amides is 4. The number of hydrogen-bond acceptors (Lipinski definition) is 7. The summed E-state index contributed by atoms with van der Waals surface area (Å²) >= 11 is 0. The summed E-state index contributed by atoms with van der Waals surface area (Å²) in [4.78, 5) is 65.3. The standard InChI is InChI=1S/C41H52N4O8/c1-27(2)23-33(43-37(47)26-52-35-14-10-9-13-32(35)41(3,4)5)38(48)44-34(39(49)50)24-29-15-17-31(18-16-29)53-40(51)45-21-19-30(20-22-45)42-36(46)25-28-11-7-6-8-12-28/h6-18,27,30,33-34H,19-26H2,1-5H3,(H,42,46)(H,43,47)(H,44,48)(H,49,50). The maximum absolute atomic E-state index is 13.3. The fourth-order valence-corrected chi connectivity index (χ4v) is 6.13. The van der Waals surface area contributed by atoms with E-state index in [0.717, 1.165) is 11.1 Å². The largest absolute Gasteiger partial charge is 0.483 e. The zero-order chi connectivity index (χ0) is 38.5. The van der Waals surface area contributed by atoms with Gasteiger partial charge in [-0.2, -0.15) is 0 Å². The molecule has 1 aliphatic heterocycles. The summed E-state index contributed by atoms with van der Waals surface area (Å²) in [6.45, 7) is 10.5. The van der Waals surface area contributed by atoms with Gasteiger partial charge in [-0.1, -0.05) is 95.3 Å². The highest BCUT2D eigenvalue weighted by Gasteiger charge is 2.29. The zero-order valence-corrected chi connectivity index (χ0v) is 31.2. The number of nitrogens with one attached hydrogen (secondary N) is 3. The molecule has 1 aliphatic rings. The molecule has 1 saturated heterocycles. The van der Waals surface area contributed by atoms with Gasteiger partial charge in [0.25, 0.3) is 5.91 Å². The van der Waals surface area contributed by atoms with Crippen molar-refractivity contribution in [3.8, 4) is 11.5 Å². The highest BCUT2D eigenvalue weighted by molar-refractivity contribution is 5.91. The van der Waals surface area contributed by atoms with Crippen LogP contribution in [0.3, 0.4) is 0 Å². The quantitative estimate of drug-likeness (QED) is 0.169. The highest BCUT2D eigenvalue weighted by Crippen LogP contribution is 2.31. The van der Waals surface area contributed by atoms with Crippen LogP contribution in [0.25, 0.3) is 0 Å². The second kappa shape index (κ2) is 18.9. The Morgan fingerprint density at radius 3 is 2.08 bits per heavy atom. The molecule has 1 heterocycles. The van der Waals surface area contributed by atoms with Crippen LogP contribution in [-0.4, -0.2) is 77.6 Å². The second-order valence-corrected chi connectivity index (χ2v) is 14.9. The third kappa shape index (κ3) is 13.0. The summed E-state index contributed by atoms with van der Waals surface area (Å²) in [6, 6.07) is 21.1. The number of hydrogen-bond donors (Lipinski definition) is 4. The van der Waals surface area contributed by atoms with Crippen LogP contribution < -0.4 is 25.4 Å². The van der Waals surface area contributed by atoms with E-state index in [1.54, 1.807) is 35.2 Å². The number of likely N-dealkylation sites (tertiary alicyclic amines) is 1. The van der Waals surface area contributed by atoms with Gasteiger partial charge >= 0.3 is 12.1 Å². The number of piperidine rings is 1. The Kier molecular flexibility index (Phi) is 14.4. The van der Waals surface area contributed by atoms with Crippen molar-refractivity contribution in [2.75, 3.05) is 19.7 Å². The van der Waals surface area contributed by atoms with E-state index in [1.165, 1.54) is 0 Å². The minimum absolute atomic E-state index is 0.0234. The van der Waals surface area contributed by atoms with E-state index >= 15 is 0 Å². The maximum Gasteiger partial charge on any atom is 0.415 e. The van der Waals surface area contributed by atoms with E-state index in [0.29, 0.717) is 55.8 Å². The van der Waals surface area contributed by atoms with Crippen molar-refractivity contribution in [3.63, 3.8) is 0 Å². The number of rotatable bonds is 15. The van der Waals surface area contributed by atoms with Gasteiger partial charge < -0.3 is 35.4 Å². The van der Waals surface area contributed by atoms with Crippen LogP contribution in [-0.2, 0) is 37.4 Å². The first-order valence-electron chi connectivity index (χ1n) is 18.1. The van der Waals surface area contributed by atoms with Gasteiger partial charge in [-0.15, -0.1) is 0 Å². The van der Waals surface area contributed by atoms with Crippen molar-refractivity contribution in [3.05, 3.63) is 95.6 Å².